The Labute approximate surface area is 101 Å². The van der Waals surface area contributed by atoms with Gasteiger partial charge in [0.15, 0.2) is 0 Å². The first kappa shape index (κ1) is 13.6. The zero-order chi connectivity index (χ0) is 12.8. The second kappa shape index (κ2) is 6.35. The molecular formula is C13H18FNO2. The van der Waals surface area contributed by atoms with E-state index < -0.39 is 12.0 Å². The van der Waals surface area contributed by atoms with Crippen molar-refractivity contribution in [1.82, 2.24) is 4.90 Å². The number of hydrogen-bond acceptors (Lipinski definition) is 2. The third-order valence-corrected chi connectivity index (χ3v) is 2.88. The van der Waals surface area contributed by atoms with Crippen molar-refractivity contribution in [1.29, 1.82) is 0 Å². The van der Waals surface area contributed by atoms with Crippen LogP contribution in [0.5, 0.6) is 0 Å². The largest absolute Gasteiger partial charge is 0.480 e. The number of aliphatic carboxylic acids is 1. The van der Waals surface area contributed by atoms with Crippen LogP contribution in [-0.2, 0) is 11.2 Å². The minimum Gasteiger partial charge on any atom is -0.480 e. The smallest absolute Gasteiger partial charge is 0.321 e. The maximum atomic E-state index is 12.7. The van der Waals surface area contributed by atoms with Crippen molar-refractivity contribution in [3.8, 4) is 0 Å². The SMILES string of the molecule is CCN(CC)[C@@H](Cc1ccc(F)cc1)C(=O)O. The van der Waals surface area contributed by atoms with Crippen LogP contribution in [0.2, 0.25) is 0 Å². The Hall–Kier alpha value is -1.42. The molecule has 0 radical (unpaired) electrons. The second-order valence-electron chi connectivity index (χ2n) is 3.91. The van der Waals surface area contributed by atoms with Crippen molar-refractivity contribution >= 4 is 5.97 Å². The first-order valence-electron chi connectivity index (χ1n) is 5.79. The van der Waals surface area contributed by atoms with Gasteiger partial charge in [-0.05, 0) is 37.2 Å². The summed E-state index contributed by atoms with van der Waals surface area (Å²) in [5, 5.41) is 9.21. The molecule has 0 amide bonds. The van der Waals surface area contributed by atoms with Gasteiger partial charge in [-0.15, -0.1) is 0 Å². The normalized spacial score (nSPS) is 12.7. The summed E-state index contributed by atoms with van der Waals surface area (Å²) in [6, 6.07) is 5.44. The molecule has 0 saturated carbocycles. The van der Waals surface area contributed by atoms with Gasteiger partial charge in [-0.25, -0.2) is 4.39 Å². The average Bonchev–Trinajstić information content (AvgIpc) is 2.31. The zero-order valence-electron chi connectivity index (χ0n) is 10.2. The molecule has 0 fully saturated rings. The fourth-order valence-corrected chi connectivity index (χ4v) is 1.88. The van der Waals surface area contributed by atoms with Gasteiger partial charge in [0.2, 0.25) is 0 Å². The summed E-state index contributed by atoms with van der Waals surface area (Å²) in [7, 11) is 0. The fraction of sp³-hybridized carbons (Fsp3) is 0.462. The molecule has 0 spiro atoms. The summed E-state index contributed by atoms with van der Waals surface area (Å²) in [5.74, 6) is -1.14. The van der Waals surface area contributed by atoms with E-state index in [1.165, 1.54) is 12.1 Å². The van der Waals surface area contributed by atoms with E-state index in [9.17, 15) is 14.3 Å². The molecule has 0 unspecified atom stereocenters. The van der Waals surface area contributed by atoms with Crippen LogP contribution in [0.4, 0.5) is 4.39 Å². The maximum absolute atomic E-state index is 12.7. The van der Waals surface area contributed by atoms with Gasteiger partial charge in [-0.2, -0.15) is 0 Å². The Morgan fingerprint density at radius 2 is 1.82 bits per heavy atom. The predicted molar refractivity (Wildman–Crippen MR) is 64.4 cm³/mol. The summed E-state index contributed by atoms with van der Waals surface area (Å²) in [4.78, 5) is 13.1. The van der Waals surface area contributed by atoms with Gasteiger partial charge in [-0.1, -0.05) is 26.0 Å². The number of hydrogen-bond donors (Lipinski definition) is 1. The van der Waals surface area contributed by atoms with E-state index >= 15 is 0 Å². The van der Waals surface area contributed by atoms with Gasteiger partial charge in [0.1, 0.15) is 11.9 Å². The standard InChI is InChI=1S/C13H18FNO2/c1-3-15(4-2)12(13(16)17)9-10-5-7-11(14)8-6-10/h5-8,12H,3-4,9H2,1-2H3,(H,16,17)/t12-/m0/s1. The molecule has 4 heteroatoms. The molecule has 3 nitrogen and oxygen atoms in total. The molecule has 1 rings (SSSR count). The van der Waals surface area contributed by atoms with E-state index in [2.05, 4.69) is 0 Å². The minimum atomic E-state index is -0.835. The zero-order valence-corrected chi connectivity index (χ0v) is 10.2. The fourth-order valence-electron chi connectivity index (χ4n) is 1.88. The lowest BCUT2D eigenvalue weighted by Gasteiger charge is -2.26. The minimum absolute atomic E-state index is 0.302. The highest BCUT2D eigenvalue weighted by molar-refractivity contribution is 5.73. The molecule has 0 heterocycles. The highest BCUT2D eigenvalue weighted by Gasteiger charge is 2.23. The maximum Gasteiger partial charge on any atom is 0.321 e. The molecule has 0 bridgehead atoms. The van der Waals surface area contributed by atoms with E-state index in [1.807, 2.05) is 18.7 Å². The van der Waals surface area contributed by atoms with Gasteiger partial charge < -0.3 is 5.11 Å². The lowest BCUT2D eigenvalue weighted by molar-refractivity contribution is -0.143. The van der Waals surface area contributed by atoms with Crippen molar-refractivity contribution in [3.63, 3.8) is 0 Å². The van der Waals surface area contributed by atoms with Crippen LogP contribution < -0.4 is 0 Å². The van der Waals surface area contributed by atoms with Gasteiger partial charge >= 0.3 is 5.97 Å². The molecule has 0 saturated heterocycles. The topological polar surface area (TPSA) is 40.5 Å². The molecule has 1 aromatic rings. The van der Waals surface area contributed by atoms with Crippen molar-refractivity contribution in [2.45, 2.75) is 26.3 Å². The van der Waals surface area contributed by atoms with Crippen LogP contribution in [-0.4, -0.2) is 35.1 Å². The molecule has 0 aliphatic heterocycles. The summed E-state index contributed by atoms with van der Waals surface area (Å²) in [5.41, 5.74) is 0.839. The van der Waals surface area contributed by atoms with Crippen molar-refractivity contribution < 1.29 is 14.3 Å². The third kappa shape index (κ3) is 3.82. The highest BCUT2D eigenvalue weighted by atomic mass is 19.1. The Morgan fingerprint density at radius 1 is 1.29 bits per heavy atom. The monoisotopic (exact) mass is 239 g/mol. The van der Waals surface area contributed by atoms with Crippen LogP contribution in [0.3, 0.4) is 0 Å². The van der Waals surface area contributed by atoms with Crippen molar-refractivity contribution in [2.24, 2.45) is 0 Å². The Bertz CT molecular complexity index is 360. The van der Waals surface area contributed by atoms with Crippen molar-refractivity contribution in [2.75, 3.05) is 13.1 Å². The van der Waals surface area contributed by atoms with Gasteiger partial charge in [0, 0.05) is 0 Å². The number of nitrogens with zero attached hydrogens (tertiary/aromatic N) is 1. The summed E-state index contributed by atoms with van der Waals surface area (Å²) in [6.07, 6.45) is 0.400. The molecule has 0 aliphatic rings. The molecule has 1 N–H and O–H groups in total. The van der Waals surface area contributed by atoms with Crippen molar-refractivity contribution in [3.05, 3.63) is 35.6 Å². The quantitative estimate of drug-likeness (QED) is 0.827. The predicted octanol–water partition coefficient (Wildman–Crippen LogP) is 2.16. The van der Waals surface area contributed by atoms with E-state index in [0.717, 1.165) is 5.56 Å². The van der Waals surface area contributed by atoms with Gasteiger partial charge in [-0.3, -0.25) is 9.69 Å². The molecule has 17 heavy (non-hydrogen) atoms. The first-order chi connectivity index (χ1) is 8.08. The first-order valence-corrected chi connectivity index (χ1v) is 5.79. The summed E-state index contributed by atoms with van der Waals surface area (Å²) >= 11 is 0. The van der Waals surface area contributed by atoms with Gasteiger partial charge in [0.25, 0.3) is 0 Å². The molecule has 0 aromatic heterocycles. The van der Waals surface area contributed by atoms with E-state index in [-0.39, 0.29) is 5.82 Å². The van der Waals surface area contributed by atoms with E-state index in [4.69, 9.17) is 0 Å². The summed E-state index contributed by atoms with van der Waals surface area (Å²) < 4.78 is 12.7. The summed E-state index contributed by atoms with van der Waals surface area (Å²) in [6.45, 7) is 5.25. The molecular weight excluding hydrogens is 221 g/mol. The van der Waals surface area contributed by atoms with Crippen LogP contribution in [0.15, 0.2) is 24.3 Å². The van der Waals surface area contributed by atoms with Gasteiger partial charge in [0.05, 0.1) is 0 Å². The Kier molecular flexibility index (Phi) is 5.10. The Morgan fingerprint density at radius 3 is 2.24 bits per heavy atom. The second-order valence-corrected chi connectivity index (χ2v) is 3.91. The van der Waals surface area contributed by atoms with Crippen LogP contribution >= 0.6 is 0 Å². The Balaban J connectivity index is 2.79. The van der Waals surface area contributed by atoms with Crippen LogP contribution in [0.1, 0.15) is 19.4 Å². The number of likely N-dealkylation sites (N-methyl/N-ethyl adjacent to an activating group) is 1. The molecule has 1 atom stereocenters. The number of benzene rings is 1. The molecule has 1 aromatic carbocycles. The highest BCUT2D eigenvalue weighted by Crippen LogP contribution is 2.10. The number of carboxylic acid groups (broad SMARTS) is 1. The lowest BCUT2D eigenvalue weighted by atomic mass is 10.0. The number of carboxylic acids is 1. The third-order valence-electron chi connectivity index (χ3n) is 2.88. The number of halogens is 1. The van der Waals surface area contributed by atoms with E-state index in [0.29, 0.717) is 19.5 Å². The van der Waals surface area contributed by atoms with E-state index in [1.54, 1.807) is 12.1 Å². The number of rotatable bonds is 6. The molecule has 94 valence electrons. The van der Waals surface area contributed by atoms with Crippen LogP contribution in [0, 0.1) is 5.82 Å². The number of carbonyl (C=O) groups is 1. The molecule has 0 aliphatic carbocycles. The van der Waals surface area contributed by atoms with Crippen LogP contribution in [0.25, 0.3) is 0 Å². The average molecular weight is 239 g/mol. The lowest BCUT2D eigenvalue weighted by Crippen LogP contribution is -2.42.